The van der Waals surface area contributed by atoms with Crippen LogP contribution >= 0.6 is 23.2 Å². The smallest absolute Gasteiger partial charge is 0.157 e. The standard InChI is InChI=1S/C20H22Cl2F2N2O/c1-4-5-6-7-11-27-20-12(2)16(21)19(17(22)13(20)3)26-25-18-14(23)9-8-10-15(18)24/h8-10H,4-7,11H2,1-3H3. The van der Waals surface area contributed by atoms with E-state index in [4.69, 9.17) is 27.9 Å². The third kappa shape index (κ3) is 5.17. The fourth-order valence-corrected chi connectivity index (χ4v) is 3.11. The molecule has 0 amide bonds. The molecule has 0 aliphatic heterocycles. The van der Waals surface area contributed by atoms with Gasteiger partial charge in [0.2, 0.25) is 0 Å². The number of azo groups is 1. The van der Waals surface area contributed by atoms with Gasteiger partial charge in [0.05, 0.1) is 16.7 Å². The second-order valence-electron chi connectivity index (χ2n) is 6.24. The number of rotatable bonds is 8. The molecule has 0 aliphatic carbocycles. The third-order valence-electron chi connectivity index (χ3n) is 4.19. The molecular weight excluding hydrogens is 393 g/mol. The number of halogens is 4. The van der Waals surface area contributed by atoms with Crippen LogP contribution in [0.25, 0.3) is 0 Å². The van der Waals surface area contributed by atoms with E-state index in [9.17, 15) is 8.78 Å². The van der Waals surface area contributed by atoms with Crippen molar-refractivity contribution in [3.05, 3.63) is 51.0 Å². The predicted octanol–water partition coefficient (Wildman–Crippen LogP) is 8.26. The molecule has 27 heavy (non-hydrogen) atoms. The van der Waals surface area contributed by atoms with E-state index in [-0.39, 0.29) is 15.7 Å². The van der Waals surface area contributed by atoms with Crippen LogP contribution in [0.4, 0.5) is 20.2 Å². The Bertz CT molecular complexity index is 792. The highest BCUT2D eigenvalue weighted by atomic mass is 35.5. The number of nitrogens with zero attached hydrogens (tertiary/aromatic N) is 2. The second-order valence-corrected chi connectivity index (χ2v) is 6.99. The van der Waals surface area contributed by atoms with E-state index in [0.717, 1.165) is 37.8 Å². The van der Waals surface area contributed by atoms with Gasteiger partial charge in [-0.3, -0.25) is 0 Å². The van der Waals surface area contributed by atoms with Gasteiger partial charge in [-0.1, -0.05) is 55.5 Å². The highest BCUT2D eigenvalue weighted by Crippen LogP contribution is 2.45. The quantitative estimate of drug-likeness (QED) is 0.316. The summed E-state index contributed by atoms with van der Waals surface area (Å²) in [5.74, 6) is -1.02. The van der Waals surface area contributed by atoms with Gasteiger partial charge in [-0.2, -0.15) is 0 Å². The minimum absolute atomic E-state index is 0.161. The topological polar surface area (TPSA) is 34.0 Å². The van der Waals surface area contributed by atoms with Gasteiger partial charge < -0.3 is 4.74 Å². The van der Waals surface area contributed by atoms with Crippen LogP contribution in [-0.4, -0.2) is 6.61 Å². The molecule has 0 unspecified atom stereocenters. The number of ether oxygens (including phenoxy) is 1. The Morgan fingerprint density at radius 2 is 1.44 bits per heavy atom. The highest BCUT2D eigenvalue weighted by Gasteiger charge is 2.19. The van der Waals surface area contributed by atoms with Crippen molar-refractivity contribution in [3.63, 3.8) is 0 Å². The molecule has 0 fully saturated rings. The highest BCUT2D eigenvalue weighted by molar-refractivity contribution is 6.40. The lowest BCUT2D eigenvalue weighted by Crippen LogP contribution is -2.02. The van der Waals surface area contributed by atoms with Crippen molar-refractivity contribution in [1.29, 1.82) is 0 Å². The lowest BCUT2D eigenvalue weighted by atomic mass is 10.1. The summed E-state index contributed by atoms with van der Waals surface area (Å²) in [6.07, 6.45) is 4.35. The molecule has 0 saturated carbocycles. The molecule has 7 heteroatoms. The normalized spacial score (nSPS) is 11.4. The zero-order valence-electron chi connectivity index (χ0n) is 15.6. The Kier molecular flexibility index (Phi) is 7.99. The van der Waals surface area contributed by atoms with Crippen LogP contribution in [0, 0.1) is 25.5 Å². The number of hydrogen-bond acceptors (Lipinski definition) is 3. The molecule has 0 radical (unpaired) electrons. The third-order valence-corrected chi connectivity index (χ3v) is 5.11. The van der Waals surface area contributed by atoms with E-state index in [0.29, 0.717) is 23.5 Å². The van der Waals surface area contributed by atoms with Crippen molar-refractivity contribution in [2.24, 2.45) is 10.2 Å². The average Bonchev–Trinajstić information content (AvgIpc) is 2.64. The van der Waals surface area contributed by atoms with E-state index in [1.165, 1.54) is 6.07 Å². The van der Waals surface area contributed by atoms with Crippen molar-refractivity contribution < 1.29 is 13.5 Å². The van der Waals surface area contributed by atoms with Gasteiger partial charge in [-0.25, -0.2) is 8.78 Å². The van der Waals surface area contributed by atoms with Crippen LogP contribution < -0.4 is 4.74 Å². The van der Waals surface area contributed by atoms with Crippen LogP contribution in [0.1, 0.15) is 43.7 Å². The first-order valence-electron chi connectivity index (χ1n) is 8.85. The van der Waals surface area contributed by atoms with Gasteiger partial charge in [0.1, 0.15) is 11.4 Å². The second kappa shape index (κ2) is 10.00. The lowest BCUT2D eigenvalue weighted by molar-refractivity contribution is 0.301. The summed E-state index contributed by atoms with van der Waals surface area (Å²) in [5, 5.41) is 8.07. The first-order chi connectivity index (χ1) is 12.9. The summed E-state index contributed by atoms with van der Waals surface area (Å²) in [7, 11) is 0. The Balaban J connectivity index is 2.30. The molecule has 2 rings (SSSR count). The zero-order valence-corrected chi connectivity index (χ0v) is 17.1. The fraction of sp³-hybridized carbons (Fsp3) is 0.400. The molecule has 146 valence electrons. The van der Waals surface area contributed by atoms with Gasteiger partial charge in [-0.15, -0.1) is 10.2 Å². The molecule has 2 aromatic rings. The maximum Gasteiger partial charge on any atom is 0.157 e. The maximum absolute atomic E-state index is 13.7. The largest absolute Gasteiger partial charge is 0.493 e. The van der Waals surface area contributed by atoms with Crippen LogP contribution in [0.2, 0.25) is 10.0 Å². The molecule has 3 nitrogen and oxygen atoms in total. The Morgan fingerprint density at radius 1 is 0.889 bits per heavy atom. The summed E-state index contributed by atoms with van der Waals surface area (Å²) < 4.78 is 33.3. The molecule has 0 N–H and O–H groups in total. The fourth-order valence-electron chi connectivity index (χ4n) is 2.62. The summed E-state index contributed by atoms with van der Waals surface area (Å²) in [6, 6.07) is 3.46. The molecule has 0 spiro atoms. The first-order valence-corrected chi connectivity index (χ1v) is 9.60. The van der Waals surface area contributed by atoms with Gasteiger partial charge in [-0.05, 0) is 32.4 Å². The van der Waals surface area contributed by atoms with Gasteiger partial charge in [0, 0.05) is 11.1 Å². The van der Waals surface area contributed by atoms with Gasteiger partial charge in [0.25, 0.3) is 0 Å². The summed E-state index contributed by atoms with van der Waals surface area (Å²) in [4.78, 5) is 0. The van der Waals surface area contributed by atoms with Crippen LogP contribution in [0.15, 0.2) is 28.4 Å². The molecule has 0 heterocycles. The van der Waals surface area contributed by atoms with Crippen molar-refractivity contribution in [1.82, 2.24) is 0 Å². The molecule has 0 aromatic heterocycles. The van der Waals surface area contributed by atoms with E-state index >= 15 is 0 Å². The van der Waals surface area contributed by atoms with E-state index in [1.807, 2.05) is 0 Å². The van der Waals surface area contributed by atoms with Gasteiger partial charge >= 0.3 is 0 Å². The van der Waals surface area contributed by atoms with Gasteiger partial charge in [0.15, 0.2) is 17.3 Å². The maximum atomic E-state index is 13.7. The molecule has 0 aliphatic rings. The Hall–Kier alpha value is -1.72. The molecule has 0 saturated heterocycles. The Morgan fingerprint density at radius 3 is 2.00 bits per heavy atom. The first kappa shape index (κ1) is 21.6. The Labute approximate surface area is 168 Å². The zero-order chi connectivity index (χ0) is 20.0. The van der Waals surface area contributed by atoms with E-state index < -0.39 is 17.3 Å². The predicted molar refractivity (Wildman–Crippen MR) is 106 cm³/mol. The average molecular weight is 415 g/mol. The number of benzene rings is 2. The van der Waals surface area contributed by atoms with Crippen LogP contribution in [0.5, 0.6) is 5.75 Å². The lowest BCUT2D eigenvalue weighted by Gasteiger charge is -2.16. The van der Waals surface area contributed by atoms with Crippen molar-refractivity contribution in [2.75, 3.05) is 6.61 Å². The minimum Gasteiger partial charge on any atom is -0.493 e. The summed E-state index contributed by atoms with van der Waals surface area (Å²) in [5.41, 5.74) is 1.000. The molecule has 2 aromatic carbocycles. The molecular formula is C20H22Cl2F2N2O. The van der Waals surface area contributed by atoms with Crippen LogP contribution in [0.3, 0.4) is 0 Å². The number of hydrogen-bond donors (Lipinski definition) is 0. The SMILES string of the molecule is CCCCCCOc1c(C)c(Cl)c(N=Nc2c(F)cccc2F)c(Cl)c1C. The van der Waals surface area contributed by atoms with E-state index in [1.54, 1.807) is 13.8 Å². The van der Waals surface area contributed by atoms with E-state index in [2.05, 4.69) is 17.2 Å². The molecule has 0 bridgehead atoms. The van der Waals surface area contributed by atoms with Crippen molar-refractivity contribution in [2.45, 2.75) is 46.5 Å². The summed E-state index contributed by atoms with van der Waals surface area (Å²) in [6.45, 7) is 6.29. The monoisotopic (exact) mass is 414 g/mol. The van der Waals surface area contributed by atoms with Crippen LogP contribution in [-0.2, 0) is 0 Å². The molecule has 0 atom stereocenters. The summed E-state index contributed by atoms with van der Waals surface area (Å²) >= 11 is 12.8. The van der Waals surface area contributed by atoms with Crippen molar-refractivity contribution >= 4 is 34.6 Å². The van der Waals surface area contributed by atoms with Crippen molar-refractivity contribution in [3.8, 4) is 5.75 Å². The number of unbranched alkanes of at least 4 members (excludes halogenated alkanes) is 3. The minimum atomic E-state index is -0.813.